The van der Waals surface area contributed by atoms with E-state index in [1.54, 1.807) is 16.0 Å². The van der Waals surface area contributed by atoms with Crippen molar-refractivity contribution in [2.75, 3.05) is 6.54 Å². The van der Waals surface area contributed by atoms with Crippen molar-refractivity contribution in [1.82, 2.24) is 0 Å². The number of hydrogen-bond donors (Lipinski definition) is 1. The fourth-order valence-electron chi connectivity index (χ4n) is 2.40. The minimum absolute atomic E-state index is 0.641. The normalized spacial score (nSPS) is 21.9. The highest BCUT2D eigenvalue weighted by Crippen LogP contribution is 2.36. The number of thiophene rings is 1. The maximum absolute atomic E-state index is 5.89. The molecule has 0 aromatic carbocycles. The molecule has 0 amide bonds. The van der Waals surface area contributed by atoms with Gasteiger partial charge in [0.2, 0.25) is 0 Å². The fraction of sp³-hybridized carbons (Fsp3) is 0.667. The maximum atomic E-state index is 5.89. The first kappa shape index (κ1) is 11.9. The van der Waals surface area contributed by atoms with Crippen molar-refractivity contribution in [2.45, 2.75) is 42.4 Å². The van der Waals surface area contributed by atoms with E-state index in [0.717, 1.165) is 11.0 Å². The van der Waals surface area contributed by atoms with Gasteiger partial charge in [0.15, 0.2) is 0 Å². The summed E-state index contributed by atoms with van der Waals surface area (Å²) >= 11 is 4.42. The van der Waals surface area contributed by atoms with Gasteiger partial charge in [-0.25, -0.2) is 0 Å². The first-order chi connectivity index (χ1) is 7.36. The van der Waals surface area contributed by atoms with Crippen LogP contribution in [0.25, 0.3) is 0 Å². The Bertz CT molecular complexity index is 321. The molecule has 0 saturated carbocycles. The van der Waals surface area contributed by atoms with Gasteiger partial charge in [0.1, 0.15) is 0 Å². The smallest absolute Gasteiger partial charge is 0.0258 e. The van der Waals surface area contributed by atoms with Gasteiger partial charge >= 0.3 is 0 Å². The highest BCUT2D eigenvalue weighted by molar-refractivity contribution is 14.1. The average molecular weight is 335 g/mol. The van der Waals surface area contributed by atoms with E-state index in [2.05, 4.69) is 28.0 Å². The zero-order valence-corrected chi connectivity index (χ0v) is 11.9. The van der Waals surface area contributed by atoms with Crippen LogP contribution in [0.1, 0.15) is 47.6 Å². The van der Waals surface area contributed by atoms with Crippen LogP contribution in [0.5, 0.6) is 0 Å². The molecule has 1 aliphatic carbocycles. The summed E-state index contributed by atoms with van der Waals surface area (Å²) in [5.74, 6) is 0.641. The molecule has 1 aromatic rings. The third-order valence-corrected chi connectivity index (χ3v) is 5.35. The first-order valence-electron chi connectivity index (χ1n) is 5.72. The van der Waals surface area contributed by atoms with E-state index >= 15 is 0 Å². The lowest BCUT2D eigenvalue weighted by molar-refractivity contribution is 0.545. The van der Waals surface area contributed by atoms with E-state index in [1.165, 1.54) is 32.1 Å². The van der Waals surface area contributed by atoms with Crippen molar-refractivity contribution >= 4 is 33.9 Å². The van der Waals surface area contributed by atoms with Crippen LogP contribution in [0.2, 0.25) is 0 Å². The van der Waals surface area contributed by atoms with Gasteiger partial charge in [-0.15, -0.1) is 11.3 Å². The molecule has 1 heterocycles. The predicted molar refractivity (Wildman–Crippen MR) is 76.0 cm³/mol. The van der Waals surface area contributed by atoms with Crippen LogP contribution in [0.15, 0.2) is 5.38 Å². The van der Waals surface area contributed by atoms with Gasteiger partial charge in [-0.3, -0.25) is 0 Å². The molecule has 2 N–H and O–H groups in total. The van der Waals surface area contributed by atoms with Gasteiger partial charge in [-0.05, 0) is 42.3 Å². The van der Waals surface area contributed by atoms with Crippen molar-refractivity contribution in [2.24, 2.45) is 5.73 Å². The Morgan fingerprint density at radius 1 is 1.40 bits per heavy atom. The second kappa shape index (κ2) is 5.64. The Morgan fingerprint density at radius 2 is 2.27 bits per heavy atom. The fourth-order valence-corrected chi connectivity index (χ4v) is 4.66. The van der Waals surface area contributed by atoms with Crippen molar-refractivity contribution in [3.63, 3.8) is 0 Å². The lowest BCUT2D eigenvalue weighted by Crippen LogP contribution is -2.14. The highest BCUT2D eigenvalue weighted by atomic mass is 127. The van der Waals surface area contributed by atoms with E-state index in [4.69, 9.17) is 5.73 Å². The molecule has 0 radical (unpaired) electrons. The number of rotatable bonds is 2. The van der Waals surface area contributed by atoms with Crippen LogP contribution in [0.3, 0.4) is 0 Å². The molecule has 84 valence electrons. The highest BCUT2D eigenvalue weighted by Gasteiger charge is 2.20. The minimum atomic E-state index is 0.641. The van der Waals surface area contributed by atoms with Crippen LogP contribution >= 0.6 is 33.9 Å². The first-order valence-corrected chi connectivity index (χ1v) is 8.12. The average Bonchev–Trinajstić information content (AvgIpc) is 2.61. The molecule has 1 nitrogen and oxygen atoms in total. The Kier molecular flexibility index (Phi) is 4.46. The Labute approximate surface area is 110 Å². The van der Waals surface area contributed by atoms with E-state index in [1.807, 2.05) is 11.3 Å². The number of alkyl halides is 1. The molecule has 1 atom stereocenters. The number of fused-ring (bicyclic) bond motifs is 1. The van der Waals surface area contributed by atoms with Crippen LogP contribution in [-0.4, -0.2) is 6.54 Å². The van der Waals surface area contributed by atoms with Gasteiger partial charge in [-0.2, -0.15) is 0 Å². The summed E-state index contributed by atoms with van der Waals surface area (Å²) < 4.78 is 1.15. The molecule has 1 unspecified atom stereocenters. The van der Waals surface area contributed by atoms with Crippen LogP contribution in [0, 0.1) is 0 Å². The molecule has 0 saturated heterocycles. The largest absolute Gasteiger partial charge is 0.330 e. The summed E-state index contributed by atoms with van der Waals surface area (Å²) in [5, 5.41) is 2.35. The lowest BCUT2D eigenvalue weighted by atomic mass is 9.90. The van der Waals surface area contributed by atoms with Gasteiger partial charge in [-0.1, -0.05) is 35.4 Å². The van der Waals surface area contributed by atoms with Crippen molar-refractivity contribution in [3.8, 4) is 0 Å². The molecule has 0 spiro atoms. The Morgan fingerprint density at radius 3 is 3.00 bits per heavy atom. The van der Waals surface area contributed by atoms with Crippen LogP contribution < -0.4 is 5.73 Å². The van der Waals surface area contributed by atoms with Crippen molar-refractivity contribution < 1.29 is 0 Å². The van der Waals surface area contributed by atoms with Crippen molar-refractivity contribution in [1.29, 1.82) is 0 Å². The molecule has 2 rings (SSSR count). The van der Waals surface area contributed by atoms with Gasteiger partial charge < -0.3 is 5.73 Å². The molecule has 0 bridgehead atoms. The third kappa shape index (κ3) is 2.56. The van der Waals surface area contributed by atoms with Crippen molar-refractivity contribution in [3.05, 3.63) is 21.4 Å². The molecular weight excluding hydrogens is 317 g/mol. The minimum Gasteiger partial charge on any atom is -0.330 e. The third-order valence-electron chi connectivity index (χ3n) is 3.29. The van der Waals surface area contributed by atoms with Crippen LogP contribution in [0.4, 0.5) is 0 Å². The predicted octanol–water partition coefficient (Wildman–Crippen LogP) is 3.84. The van der Waals surface area contributed by atoms with E-state index in [0.29, 0.717) is 5.92 Å². The summed E-state index contributed by atoms with van der Waals surface area (Å²) in [6.45, 7) is 0.828. The van der Waals surface area contributed by atoms with E-state index in [-0.39, 0.29) is 0 Å². The second-order valence-corrected chi connectivity index (χ2v) is 5.94. The zero-order valence-electron chi connectivity index (χ0n) is 8.97. The summed E-state index contributed by atoms with van der Waals surface area (Å²) in [5.41, 5.74) is 9.10. The number of nitrogens with two attached hydrogens (primary N) is 1. The molecule has 15 heavy (non-hydrogen) atoms. The topological polar surface area (TPSA) is 26.0 Å². The summed E-state index contributed by atoms with van der Waals surface area (Å²) in [6, 6.07) is 0. The number of hydrogen-bond acceptors (Lipinski definition) is 2. The molecule has 0 fully saturated rings. The summed E-state index contributed by atoms with van der Waals surface area (Å²) in [6.07, 6.45) is 6.69. The molecule has 3 heteroatoms. The standard InChI is InChI=1S/C12H18INS/c13-6-10-8-15-12-9(7-14)4-2-1-3-5-11(10)12/h8-9H,1-7,14H2. The van der Waals surface area contributed by atoms with Gasteiger partial charge in [0.05, 0.1) is 0 Å². The molecule has 0 aliphatic heterocycles. The van der Waals surface area contributed by atoms with Crippen LogP contribution in [-0.2, 0) is 10.8 Å². The van der Waals surface area contributed by atoms with Gasteiger partial charge in [0.25, 0.3) is 0 Å². The lowest BCUT2D eigenvalue weighted by Gasteiger charge is -2.19. The quantitative estimate of drug-likeness (QED) is 0.645. The number of halogens is 1. The van der Waals surface area contributed by atoms with E-state index < -0.39 is 0 Å². The molecule has 1 aromatic heterocycles. The summed E-state index contributed by atoms with van der Waals surface area (Å²) in [4.78, 5) is 1.60. The summed E-state index contributed by atoms with van der Waals surface area (Å²) in [7, 11) is 0. The van der Waals surface area contributed by atoms with E-state index in [9.17, 15) is 0 Å². The molecular formula is C12H18INS. The molecule has 1 aliphatic rings. The Hall–Kier alpha value is 0.390. The zero-order chi connectivity index (χ0) is 10.7. The maximum Gasteiger partial charge on any atom is 0.0258 e. The monoisotopic (exact) mass is 335 g/mol. The second-order valence-electron chi connectivity index (χ2n) is 4.27. The van der Waals surface area contributed by atoms with Gasteiger partial charge in [0, 0.05) is 15.2 Å². The SMILES string of the molecule is NCC1CCCCCc2c(CI)csc21. The Balaban J connectivity index is 2.32.